The van der Waals surface area contributed by atoms with Gasteiger partial charge in [-0.05, 0) is 45.1 Å². The van der Waals surface area contributed by atoms with Crippen molar-refractivity contribution in [2.45, 2.75) is 45.2 Å². The Morgan fingerprint density at radius 1 is 1.27 bits per heavy atom. The normalized spacial score (nSPS) is 33.9. The second-order valence-corrected chi connectivity index (χ2v) is 8.50. The summed E-state index contributed by atoms with van der Waals surface area (Å²) in [5, 5.41) is 4.04. The molecule has 0 unspecified atom stereocenters. The van der Waals surface area contributed by atoms with E-state index in [4.69, 9.17) is 14.0 Å². The summed E-state index contributed by atoms with van der Waals surface area (Å²) >= 11 is 0. The van der Waals surface area contributed by atoms with Crippen molar-refractivity contribution in [2.24, 2.45) is 11.3 Å². The van der Waals surface area contributed by atoms with E-state index in [9.17, 15) is 0 Å². The van der Waals surface area contributed by atoms with Gasteiger partial charge in [-0.25, -0.2) is 0 Å². The van der Waals surface area contributed by atoms with Gasteiger partial charge >= 0.3 is 0 Å². The number of hydrogen-bond acceptors (Lipinski definition) is 6. The second-order valence-electron chi connectivity index (χ2n) is 8.50. The van der Waals surface area contributed by atoms with Gasteiger partial charge in [0.25, 0.3) is 0 Å². The van der Waals surface area contributed by atoms with Gasteiger partial charge in [0.1, 0.15) is 0 Å². The van der Waals surface area contributed by atoms with Gasteiger partial charge in [-0.1, -0.05) is 5.16 Å². The summed E-state index contributed by atoms with van der Waals surface area (Å²) in [4.78, 5) is 5.22. The van der Waals surface area contributed by atoms with E-state index in [1.54, 1.807) is 0 Å². The van der Waals surface area contributed by atoms with Crippen LogP contribution in [-0.4, -0.2) is 74.1 Å². The fourth-order valence-corrected chi connectivity index (χ4v) is 5.49. The molecule has 1 aromatic rings. The van der Waals surface area contributed by atoms with Crippen LogP contribution in [0.15, 0.2) is 10.6 Å². The lowest BCUT2D eigenvalue weighted by molar-refractivity contribution is -0.0880. The Bertz CT molecular complexity index is 587. The van der Waals surface area contributed by atoms with Crippen LogP contribution in [0.5, 0.6) is 0 Å². The number of methoxy groups -OCH3 is 1. The summed E-state index contributed by atoms with van der Waals surface area (Å²) in [5.74, 6) is 1.74. The number of aryl methyl sites for hydroxylation is 1. The van der Waals surface area contributed by atoms with Gasteiger partial charge in [0.15, 0.2) is 5.76 Å². The highest BCUT2D eigenvalue weighted by atomic mass is 16.5. The third-order valence-corrected chi connectivity index (χ3v) is 6.78. The van der Waals surface area contributed by atoms with E-state index in [1.807, 2.05) is 14.0 Å². The molecule has 3 atom stereocenters. The van der Waals surface area contributed by atoms with E-state index >= 15 is 0 Å². The minimum atomic E-state index is 0.296. The number of morpholine rings is 1. The van der Waals surface area contributed by atoms with Crippen molar-refractivity contribution in [1.29, 1.82) is 0 Å². The van der Waals surface area contributed by atoms with Crippen molar-refractivity contribution in [3.63, 3.8) is 0 Å². The summed E-state index contributed by atoms with van der Waals surface area (Å²) in [6, 6.07) is 2.79. The topological polar surface area (TPSA) is 51.0 Å². The Balaban J connectivity index is 1.42. The SMILES string of the molecule is COC[C@@]12CC[C@@H](N3CCOCC3)C[C@H]1CCN(Cc1cc(C)no1)C2. The number of likely N-dealkylation sites (tertiary alicyclic amines) is 1. The first-order valence-electron chi connectivity index (χ1n) is 10.1. The van der Waals surface area contributed by atoms with Crippen molar-refractivity contribution in [3.05, 3.63) is 17.5 Å². The Labute approximate surface area is 156 Å². The molecule has 6 nitrogen and oxygen atoms in total. The summed E-state index contributed by atoms with van der Waals surface area (Å²) < 4.78 is 16.7. The van der Waals surface area contributed by atoms with Gasteiger partial charge in [0.2, 0.25) is 0 Å². The number of aromatic nitrogens is 1. The van der Waals surface area contributed by atoms with E-state index < -0.39 is 0 Å². The molecule has 0 amide bonds. The molecule has 4 rings (SSSR count). The van der Waals surface area contributed by atoms with Gasteiger partial charge in [-0.3, -0.25) is 9.80 Å². The highest BCUT2D eigenvalue weighted by Gasteiger charge is 2.48. The molecule has 0 bridgehead atoms. The Morgan fingerprint density at radius 2 is 2.12 bits per heavy atom. The average molecular weight is 364 g/mol. The fraction of sp³-hybridized carbons (Fsp3) is 0.850. The van der Waals surface area contributed by atoms with Gasteiger partial charge in [-0.2, -0.15) is 0 Å². The Morgan fingerprint density at radius 3 is 2.85 bits per heavy atom. The molecular formula is C20H33N3O3. The summed E-state index contributed by atoms with van der Waals surface area (Å²) in [6.07, 6.45) is 5.13. The van der Waals surface area contributed by atoms with Gasteiger partial charge in [0, 0.05) is 44.3 Å². The highest BCUT2D eigenvalue weighted by Crippen LogP contribution is 2.48. The third kappa shape index (κ3) is 3.84. The smallest absolute Gasteiger partial charge is 0.150 e. The van der Waals surface area contributed by atoms with Gasteiger partial charge < -0.3 is 14.0 Å². The predicted octanol–water partition coefficient (Wildman–Crippen LogP) is 2.32. The maximum atomic E-state index is 5.73. The number of rotatable bonds is 5. The van der Waals surface area contributed by atoms with Crippen LogP contribution in [-0.2, 0) is 16.0 Å². The maximum Gasteiger partial charge on any atom is 0.150 e. The minimum Gasteiger partial charge on any atom is -0.384 e. The van der Waals surface area contributed by atoms with Crippen LogP contribution < -0.4 is 0 Å². The zero-order valence-electron chi connectivity index (χ0n) is 16.3. The Hall–Kier alpha value is -0.950. The standard InChI is InChI=1S/C20H33N3O3/c1-16-11-19(26-21-16)13-22-6-4-17-12-18(23-7-9-25-10-8-23)3-5-20(17,14-22)15-24-2/h11,17-18H,3-10,12-15H2,1-2H3/t17-,18-,20+/m1/s1. The lowest BCUT2D eigenvalue weighted by Crippen LogP contribution is -2.56. The van der Waals surface area contributed by atoms with Crippen LogP contribution in [0.1, 0.15) is 37.1 Å². The number of hydrogen-bond donors (Lipinski definition) is 0. The number of nitrogens with zero attached hydrogens (tertiary/aromatic N) is 3. The molecule has 2 aliphatic heterocycles. The number of fused-ring (bicyclic) bond motifs is 1. The van der Waals surface area contributed by atoms with Crippen LogP contribution >= 0.6 is 0 Å². The van der Waals surface area contributed by atoms with E-state index in [0.717, 1.165) is 76.0 Å². The third-order valence-electron chi connectivity index (χ3n) is 6.78. The molecular weight excluding hydrogens is 330 g/mol. The van der Waals surface area contributed by atoms with E-state index in [1.165, 1.54) is 25.7 Å². The minimum absolute atomic E-state index is 0.296. The fourth-order valence-electron chi connectivity index (χ4n) is 5.49. The molecule has 0 aromatic carbocycles. The molecule has 2 saturated heterocycles. The molecule has 0 spiro atoms. The molecule has 26 heavy (non-hydrogen) atoms. The molecule has 1 aliphatic carbocycles. The van der Waals surface area contributed by atoms with Crippen molar-refractivity contribution in [2.75, 3.05) is 53.1 Å². The largest absolute Gasteiger partial charge is 0.384 e. The first-order valence-corrected chi connectivity index (χ1v) is 10.1. The van der Waals surface area contributed by atoms with E-state index in [2.05, 4.69) is 21.0 Å². The molecule has 3 aliphatic rings. The van der Waals surface area contributed by atoms with Crippen molar-refractivity contribution >= 4 is 0 Å². The van der Waals surface area contributed by atoms with Crippen molar-refractivity contribution < 1.29 is 14.0 Å². The molecule has 0 N–H and O–H groups in total. The zero-order valence-corrected chi connectivity index (χ0v) is 16.3. The van der Waals surface area contributed by atoms with Crippen LogP contribution in [0, 0.1) is 18.3 Å². The molecule has 3 heterocycles. The van der Waals surface area contributed by atoms with Gasteiger partial charge in [-0.15, -0.1) is 0 Å². The van der Waals surface area contributed by atoms with Crippen LogP contribution in [0.25, 0.3) is 0 Å². The van der Waals surface area contributed by atoms with E-state index in [-0.39, 0.29) is 0 Å². The maximum absolute atomic E-state index is 5.73. The first-order chi connectivity index (χ1) is 12.7. The van der Waals surface area contributed by atoms with Crippen LogP contribution in [0.4, 0.5) is 0 Å². The van der Waals surface area contributed by atoms with Crippen LogP contribution in [0.2, 0.25) is 0 Å². The second kappa shape index (κ2) is 7.97. The first kappa shape index (κ1) is 18.4. The number of piperidine rings is 1. The van der Waals surface area contributed by atoms with Crippen molar-refractivity contribution in [1.82, 2.24) is 15.0 Å². The van der Waals surface area contributed by atoms with Crippen LogP contribution in [0.3, 0.4) is 0 Å². The lowest BCUT2D eigenvalue weighted by atomic mass is 9.62. The zero-order chi connectivity index (χ0) is 18.0. The molecule has 3 fully saturated rings. The summed E-state index contributed by atoms with van der Waals surface area (Å²) in [7, 11) is 1.86. The molecule has 0 radical (unpaired) electrons. The summed E-state index contributed by atoms with van der Waals surface area (Å²) in [5.41, 5.74) is 1.26. The molecule has 6 heteroatoms. The van der Waals surface area contributed by atoms with Gasteiger partial charge in [0.05, 0.1) is 32.1 Å². The molecule has 146 valence electrons. The Kier molecular flexibility index (Phi) is 5.64. The quantitative estimate of drug-likeness (QED) is 0.800. The van der Waals surface area contributed by atoms with Crippen molar-refractivity contribution in [3.8, 4) is 0 Å². The lowest BCUT2D eigenvalue weighted by Gasteiger charge is -2.54. The molecule has 1 saturated carbocycles. The summed E-state index contributed by atoms with van der Waals surface area (Å²) in [6.45, 7) is 9.98. The monoisotopic (exact) mass is 363 g/mol. The number of ether oxygens (including phenoxy) is 2. The predicted molar refractivity (Wildman–Crippen MR) is 99.0 cm³/mol. The van der Waals surface area contributed by atoms with E-state index in [0.29, 0.717) is 5.41 Å². The molecule has 1 aromatic heterocycles. The highest BCUT2D eigenvalue weighted by molar-refractivity contribution is 5.05. The average Bonchev–Trinajstić information content (AvgIpc) is 3.07.